The zero-order valence-corrected chi connectivity index (χ0v) is 26.2. The molecule has 0 spiro atoms. The van der Waals surface area contributed by atoms with Crippen LogP contribution in [0.3, 0.4) is 0 Å². The van der Waals surface area contributed by atoms with Crippen LogP contribution in [0.5, 0.6) is 11.5 Å². The van der Waals surface area contributed by atoms with Gasteiger partial charge in [0.1, 0.15) is 46.7 Å². The van der Waals surface area contributed by atoms with Crippen LogP contribution in [0.2, 0.25) is 0 Å². The summed E-state index contributed by atoms with van der Waals surface area (Å²) in [5.74, 6) is -2.06. The molecule has 2 fully saturated rings. The monoisotopic (exact) mass is 683 g/mol. The van der Waals surface area contributed by atoms with E-state index >= 15 is 0 Å². The molecule has 2 saturated carbocycles. The Labute approximate surface area is 276 Å². The first-order valence-corrected chi connectivity index (χ1v) is 15.6. The number of aromatic nitrogens is 3. The fourth-order valence-corrected chi connectivity index (χ4v) is 5.69. The van der Waals surface area contributed by atoms with Gasteiger partial charge in [-0.3, -0.25) is 9.59 Å². The number of hydrogen-bond acceptors (Lipinski definition) is 8. The molecule has 256 valence electrons. The van der Waals surface area contributed by atoms with Crippen molar-refractivity contribution in [1.82, 2.24) is 25.8 Å². The van der Waals surface area contributed by atoms with Crippen LogP contribution >= 0.6 is 0 Å². The van der Waals surface area contributed by atoms with Crippen molar-refractivity contribution >= 4 is 22.7 Å². The molecule has 4 aromatic rings. The Bertz CT molecular complexity index is 1990. The fourth-order valence-electron chi connectivity index (χ4n) is 5.69. The summed E-state index contributed by atoms with van der Waals surface area (Å²) in [6.07, 6.45) is -5.03. The van der Waals surface area contributed by atoms with Crippen molar-refractivity contribution in [3.8, 4) is 22.8 Å². The highest BCUT2D eigenvalue weighted by Crippen LogP contribution is 2.48. The van der Waals surface area contributed by atoms with Crippen molar-refractivity contribution in [2.24, 2.45) is 0 Å². The second-order valence-corrected chi connectivity index (χ2v) is 12.9. The quantitative estimate of drug-likeness (QED) is 0.216. The van der Waals surface area contributed by atoms with E-state index in [1.807, 2.05) is 0 Å². The number of nitrogens with zero attached hydrogens (tertiary/aromatic N) is 3. The number of pyridine rings is 1. The summed E-state index contributed by atoms with van der Waals surface area (Å²) in [5, 5.41) is 24.9. The van der Waals surface area contributed by atoms with Crippen LogP contribution in [0.4, 0.5) is 22.0 Å². The number of carbonyl (C=O) groups is 2. The summed E-state index contributed by atoms with van der Waals surface area (Å²) in [4.78, 5) is 31.0. The number of benzene rings is 2. The molecule has 15 heteroatoms. The highest BCUT2D eigenvalue weighted by atomic mass is 19.4. The van der Waals surface area contributed by atoms with Gasteiger partial charge < -0.3 is 25.2 Å². The average molecular weight is 684 g/mol. The first-order valence-electron chi connectivity index (χ1n) is 15.6. The van der Waals surface area contributed by atoms with Gasteiger partial charge in [-0.2, -0.15) is 18.3 Å². The number of fused-ring (bicyclic) bond motifs is 2. The van der Waals surface area contributed by atoms with Gasteiger partial charge in [-0.15, -0.1) is 5.10 Å². The number of aryl methyl sites for hydroxylation is 1. The minimum Gasteiger partial charge on any atom is -0.489 e. The van der Waals surface area contributed by atoms with E-state index in [-0.39, 0.29) is 53.0 Å². The zero-order chi connectivity index (χ0) is 34.9. The summed E-state index contributed by atoms with van der Waals surface area (Å²) in [6.45, 7) is 1.42. The minimum atomic E-state index is -5.40. The number of carbonyl (C=O) groups excluding carboxylic acids is 2. The van der Waals surface area contributed by atoms with Crippen molar-refractivity contribution in [3.63, 3.8) is 0 Å². The highest BCUT2D eigenvalue weighted by Gasteiger charge is 2.58. The minimum absolute atomic E-state index is 0.0436. The van der Waals surface area contributed by atoms with Crippen molar-refractivity contribution in [2.75, 3.05) is 13.2 Å². The van der Waals surface area contributed by atoms with Crippen molar-refractivity contribution in [1.29, 1.82) is 0 Å². The number of amides is 2. The summed E-state index contributed by atoms with van der Waals surface area (Å²) < 4.78 is 84.0. The predicted octanol–water partition coefficient (Wildman–Crippen LogP) is 4.74. The van der Waals surface area contributed by atoms with E-state index in [9.17, 15) is 36.6 Å². The molecule has 2 aromatic carbocycles. The smallest absolute Gasteiger partial charge is 0.424 e. The molecule has 1 unspecified atom stereocenters. The van der Waals surface area contributed by atoms with Crippen LogP contribution in [0, 0.1) is 12.7 Å². The number of rotatable bonds is 9. The largest absolute Gasteiger partial charge is 0.489 e. The van der Waals surface area contributed by atoms with E-state index in [0.717, 1.165) is 31.0 Å². The molecule has 0 saturated heterocycles. The van der Waals surface area contributed by atoms with Crippen LogP contribution in [0.1, 0.15) is 53.5 Å². The van der Waals surface area contributed by atoms with E-state index in [1.165, 1.54) is 31.2 Å². The van der Waals surface area contributed by atoms with Gasteiger partial charge in [-0.1, -0.05) is 0 Å². The number of aliphatic hydroxyl groups is 1. The van der Waals surface area contributed by atoms with Crippen LogP contribution in [0.25, 0.3) is 22.2 Å². The lowest BCUT2D eigenvalue weighted by Crippen LogP contribution is -2.52. The normalized spacial score (nSPS) is 22.5. The van der Waals surface area contributed by atoms with Crippen LogP contribution in [0.15, 0.2) is 48.5 Å². The van der Waals surface area contributed by atoms with Crippen LogP contribution < -0.4 is 20.1 Å². The third-order valence-electron chi connectivity index (χ3n) is 8.97. The van der Waals surface area contributed by atoms with Crippen LogP contribution in [-0.2, 0) is 15.8 Å². The van der Waals surface area contributed by atoms with Gasteiger partial charge in [0.05, 0.1) is 30.1 Å². The standard InChI is InChI=1S/C34H30F5N5O5/c1-16-9-18-10-19(11-25(27(18)44-43-16)49-21-7-8-21)30(45)40-14-33(47,34(37,38)39)26-12-22-29(28(42-26)17-3-5-20(35)6-4-17)48-15-32(22,2)31(46)41-24-13-23(24)36/h3-6,9-12,21,23-24,47H,7-8,13-15H2,1-2H3,(H,40,45)(H,41,46)/t23-,24+,32-,33?/m0/s1. The molecule has 10 nitrogen and oxygen atoms in total. The van der Waals surface area contributed by atoms with Crippen LogP contribution in [-0.4, -0.2) is 69.7 Å². The summed E-state index contributed by atoms with van der Waals surface area (Å²) in [7, 11) is 0. The van der Waals surface area contributed by atoms with E-state index in [1.54, 1.807) is 13.0 Å². The van der Waals surface area contributed by atoms with E-state index < -0.39 is 59.3 Å². The molecule has 3 heterocycles. The molecule has 2 aromatic heterocycles. The molecule has 2 amide bonds. The highest BCUT2D eigenvalue weighted by molar-refractivity contribution is 6.00. The number of ether oxygens (including phenoxy) is 2. The van der Waals surface area contributed by atoms with Gasteiger partial charge in [0.2, 0.25) is 11.5 Å². The molecule has 0 radical (unpaired) electrons. The molecule has 4 atom stereocenters. The van der Waals surface area contributed by atoms with E-state index in [4.69, 9.17) is 9.47 Å². The van der Waals surface area contributed by atoms with Crippen molar-refractivity contribution < 1.29 is 46.1 Å². The molecule has 2 aliphatic carbocycles. The first-order chi connectivity index (χ1) is 23.2. The summed E-state index contributed by atoms with van der Waals surface area (Å²) >= 11 is 0. The summed E-state index contributed by atoms with van der Waals surface area (Å²) in [5.41, 5.74) is -5.55. The van der Waals surface area contributed by atoms with Gasteiger partial charge >= 0.3 is 6.18 Å². The third kappa shape index (κ3) is 6.00. The van der Waals surface area contributed by atoms with E-state index in [2.05, 4.69) is 25.8 Å². The second-order valence-electron chi connectivity index (χ2n) is 12.9. The fraction of sp³-hybridized carbons (Fsp3) is 0.382. The van der Waals surface area contributed by atoms with Gasteiger partial charge in [-0.25, -0.2) is 13.8 Å². The Hall–Kier alpha value is -4.92. The molecule has 0 bridgehead atoms. The molecular weight excluding hydrogens is 653 g/mol. The number of hydrogen-bond donors (Lipinski definition) is 3. The average Bonchev–Trinajstić information content (AvgIpc) is 3.98. The van der Waals surface area contributed by atoms with Gasteiger partial charge in [0.15, 0.2) is 0 Å². The molecule has 49 heavy (non-hydrogen) atoms. The maximum Gasteiger partial charge on any atom is 0.424 e. The zero-order valence-electron chi connectivity index (χ0n) is 26.2. The lowest BCUT2D eigenvalue weighted by molar-refractivity contribution is -0.265. The third-order valence-corrected chi connectivity index (χ3v) is 8.97. The molecular formula is C34H30F5N5O5. The Balaban J connectivity index is 1.27. The van der Waals surface area contributed by atoms with Crippen molar-refractivity contribution in [2.45, 2.75) is 68.6 Å². The lowest BCUT2D eigenvalue weighted by atomic mass is 9.81. The molecule has 7 rings (SSSR count). The topological polar surface area (TPSA) is 136 Å². The Morgan fingerprint density at radius 2 is 1.82 bits per heavy atom. The molecule has 1 aliphatic heterocycles. The van der Waals surface area contributed by atoms with Gasteiger partial charge in [0.25, 0.3) is 5.91 Å². The Morgan fingerprint density at radius 3 is 2.47 bits per heavy atom. The molecule has 3 aliphatic rings. The molecule has 3 N–H and O–H groups in total. The maximum absolute atomic E-state index is 14.9. The Kier molecular flexibility index (Phi) is 7.72. The first kappa shape index (κ1) is 32.6. The second kappa shape index (κ2) is 11.6. The Morgan fingerprint density at radius 1 is 1.10 bits per heavy atom. The van der Waals surface area contributed by atoms with E-state index in [0.29, 0.717) is 16.6 Å². The number of alkyl halides is 4. The van der Waals surface area contributed by atoms with Gasteiger partial charge in [-0.05, 0) is 75.2 Å². The summed E-state index contributed by atoms with van der Waals surface area (Å²) in [6, 6.07) is 9.28. The number of halogens is 5. The SMILES string of the molecule is Cc1cc2cc(C(=O)NCC(O)(c3cc4c(c(-c5ccc(F)cc5)n3)OC[C@]4(C)C(=O)N[C@@H]3C[C@@H]3F)C(F)(F)F)cc(OC3CC3)c2nn1. The lowest BCUT2D eigenvalue weighted by Gasteiger charge is -2.31. The van der Waals surface area contributed by atoms with Gasteiger partial charge in [0, 0.05) is 28.5 Å². The number of nitrogens with one attached hydrogen (secondary N) is 2. The van der Waals surface area contributed by atoms with Crippen molar-refractivity contribution in [3.05, 3.63) is 76.9 Å². The predicted molar refractivity (Wildman–Crippen MR) is 164 cm³/mol. The maximum atomic E-state index is 14.9.